The van der Waals surface area contributed by atoms with E-state index < -0.39 is 0 Å². The van der Waals surface area contributed by atoms with Gasteiger partial charge in [0.25, 0.3) is 0 Å². The molecule has 0 saturated heterocycles. The Labute approximate surface area is 126 Å². The molecule has 0 aliphatic rings. The Kier molecular flexibility index (Phi) is 3.51. The number of hydrogen-bond donors (Lipinski definition) is 0. The fourth-order valence-electron chi connectivity index (χ4n) is 2.15. The van der Waals surface area contributed by atoms with Crippen LogP contribution in [0.5, 0.6) is 5.75 Å². The first kappa shape index (κ1) is 13.2. The molecule has 0 spiro atoms. The van der Waals surface area contributed by atoms with E-state index in [9.17, 15) is 0 Å². The predicted octanol–water partition coefficient (Wildman–Crippen LogP) is 5.22. The fraction of sp³-hybridized carbons (Fsp3) is 0.0625. The van der Waals surface area contributed by atoms with Gasteiger partial charge in [0.1, 0.15) is 10.9 Å². The Balaban J connectivity index is 2.30. The van der Waals surface area contributed by atoms with Gasteiger partial charge in [0.15, 0.2) is 0 Å². The van der Waals surface area contributed by atoms with Crippen molar-refractivity contribution in [3.63, 3.8) is 0 Å². The van der Waals surface area contributed by atoms with Gasteiger partial charge in [-0.3, -0.25) is 0 Å². The zero-order chi connectivity index (χ0) is 14.1. The van der Waals surface area contributed by atoms with E-state index in [-0.39, 0.29) is 0 Å². The van der Waals surface area contributed by atoms with Crippen molar-refractivity contribution in [1.29, 1.82) is 0 Å². The zero-order valence-electron chi connectivity index (χ0n) is 10.7. The Morgan fingerprint density at radius 3 is 2.45 bits per heavy atom. The number of fused-ring (bicyclic) bond motifs is 1. The lowest BCUT2D eigenvalue weighted by atomic mass is 10.1. The highest BCUT2D eigenvalue weighted by Crippen LogP contribution is 2.38. The van der Waals surface area contributed by atoms with E-state index in [1.807, 2.05) is 48.5 Å². The maximum Gasteiger partial charge on any atom is 0.139 e. The summed E-state index contributed by atoms with van der Waals surface area (Å²) in [5.74, 6) is 0.726. The van der Waals surface area contributed by atoms with Crippen LogP contribution >= 0.6 is 23.2 Å². The topological polar surface area (TPSA) is 22.1 Å². The third kappa shape index (κ3) is 2.21. The number of hydrogen-bond acceptors (Lipinski definition) is 2. The van der Waals surface area contributed by atoms with Gasteiger partial charge in [0.2, 0.25) is 0 Å². The van der Waals surface area contributed by atoms with E-state index in [0.717, 1.165) is 27.8 Å². The van der Waals surface area contributed by atoms with E-state index in [1.165, 1.54) is 0 Å². The monoisotopic (exact) mass is 303 g/mol. The van der Waals surface area contributed by atoms with E-state index >= 15 is 0 Å². The summed E-state index contributed by atoms with van der Waals surface area (Å²) in [6, 6.07) is 15.3. The van der Waals surface area contributed by atoms with Crippen LogP contribution in [0.3, 0.4) is 0 Å². The van der Waals surface area contributed by atoms with Crippen molar-refractivity contribution in [2.75, 3.05) is 7.11 Å². The standard InChI is InChI=1S/C16H11Cl2NO/c1-20-11-7-8-12-13(9-11)19-16(18)14(15(12)17)10-5-3-2-4-6-10/h2-9H,1H3. The Hall–Kier alpha value is -1.77. The fourth-order valence-corrected chi connectivity index (χ4v) is 2.86. The quantitative estimate of drug-likeness (QED) is 0.606. The maximum atomic E-state index is 6.51. The molecule has 0 bridgehead atoms. The number of pyridine rings is 1. The highest BCUT2D eigenvalue weighted by Gasteiger charge is 2.14. The van der Waals surface area contributed by atoms with Crippen LogP contribution in [0.15, 0.2) is 48.5 Å². The predicted molar refractivity (Wildman–Crippen MR) is 83.8 cm³/mol. The summed E-state index contributed by atoms with van der Waals surface area (Å²) < 4.78 is 5.19. The summed E-state index contributed by atoms with van der Waals surface area (Å²) in [4.78, 5) is 4.42. The van der Waals surface area contributed by atoms with Crippen molar-refractivity contribution in [3.8, 4) is 16.9 Å². The minimum Gasteiger partial charge on any atom is -0.497 e. The first-order valence-corrected chi connectivity index (χ1v) is 6.84. The number of aromatic nitrogens is 1. The van der Waals surface area contributed by atoms with Crippen molar-refractivity contribution in [2.45, 2.75) is 0 Å². The molecule has 0 fully saturated rings. The number of ether oxygens (including phenoxy) is 1. The summed E-state index contributed by atoms with van der Waals surface area (Å²) in [6.45, 7) is 0. The first-order valence-electron chi connectivity index (χ1n) is 6.09. The molecule has 2 nitrogen and oxygen atoms in total. The lowest BCUT2D eigenvalue weighted by Crippen LogP contribution is -1.90. The van der Waals surface area contributed by atoms with E-state index in [1.54, 1.807) is 7.11 Å². The highest BCUT2D eigenvalue weighted by molar-refractivity contribution is 6.42. The van der Waals surface area contributed by atoms with Gasteiger partial charge in [0, 0.05) is 17.0 Å². The molecule has 100 valence electrons. The van der Waals surface area contributed by atoms with Crippen molar-refractivity contribution < 1.29 is 4.74 Å². The van der Waals surface area contributed by atoms with Crippen molar-refractivity contribution in [2.24, 2.45) is 0 Å². The number of benzene rings is 2. The van der Waals surface area contributed by atoms with Gasteiger partial charge in [-0.2, -0.15) is 0 Å². The molecule has 0 radical (unpaired) electrons. The number of rotatable bonds is 2. The van der Waals surface area contributed by atoms with Gasteiger partial charge < -0.3 is 4.74 Å². The van der Waals surface area contributed by atoms with Gasteiger partial charge in [-0.1, -0.05) is 53.5 Å². The third-order valence-electron chi connectivity index (χ3n) is 3.15. The molecule has 0 saturated carbocycles. The summed E-state index contributed by atoms with van der Waals surface area (Å²) in [5, 5.41) is 1.85. The molecular weight excluding hydrogens is 293 g/mol. The molecule has 0 aliphatic heterocycles. The van der Waals surface area contributed by atoms with E-state index in [4.69, 9.17) is 27.9 Å². The van der Waals surface area contributed by atoms with Crippen molar-refractivity contribution >= 4 is 34.1 Å². The molecular formula is C16H11Cl2NO. The van der Waals surface area contributed by atoms with E-state index in [2.05, 4.69) is 4.98 Å². The third-order valence-corrected chi connectivity index (χ3v) is 3.81. The van der Waals surface area contributed by atoms with Gasteiger partial charge >= 0.3 is 0 Å². The van der Waals surface area contributed by atoms with Gasteiger partial charge in [0.05, 0.1) is 17.6 Å². The van der Waals surface area contributed by atoms with Gasteiger partial charge in [-0.15, -0.1) is 0 Å². The minimum absolute atomic E-state index is 0.391. The second-order valence-electron chi connectivity index (χ2n) is 4.34. The Morgan fingerprint density at radius 2 is 1.75 bits per heavy atom. The lowest BCUT2D eigenvalue weighted by Gasteiger charge is -2.10. The summed E-state index contributed by atoms with van der Waals surface area (Å²) in [5.41, 5.74) is 2.43. The van der Waals surface area contributed by atoms with Crippen molar-refractivity contribution in [1.82, 2.24) is 4.98 Å². The van der Waals surface area contributed by atoms with Crippen LogP contribution in [0.4, 0.5) is 0 Å². The molecule has 0 unspecified atom stereocenters. The van der Waals surface area contributed by atoms with Crippen molar-refractivity contribution in [3.05, 3.63) is 58.7 Å². The number of halogens is 2. The zero-order valence-corrected chi connectivity index (χ0v) is 12.2. The summed E-state index contributed by atoms with van der Waals surface area (Å²) >= 11 is 12.8. The van der Waals surface area contributed by atoms with Crippen LogP contribution in [-0.4, -0.2) is 12.1 Å². The molecule has 0 amide bonds. The second kappa shape index (κ2) is 5.31. The maximum absolute atomic E-state index is 6.51. The molecule has 4 heteroatoms. The molecule has 0 N–H and O–H groups in total. The van der Waals surface area contributed by atoms with Crippen LogP contribution in [0, 0.1) is 0 Å². The van der Waals surface area contributed by atoms with Gasteiger partial charge in [-0.25, -0.2) is 4.98 Å². The number of nitrogens with zero attached hydrogens (tertiary/aromatic N) is 1. The SMILES string of the molecule is COc1ccc2c(Cl)c(-c3ccccc3)c(Cl)nc2c1. The highest BCUT2D eigenvalue weighted by atomic mass is 35.5. The van der Waals surface area contributed by atoms with Gasteiger partial charge in [-0.05, 0) is 17.7 Å². The average molecular weight is 304 g/mol. The first-order chi connectivity index (χ1) is 9.70. The van der Waals surface area contributed by atoms with Crippen LogP contribution in [-0.2, 0) is 0 Å². The minimum atomic E-state index is 0.391. The molecule has 3 aromatic rings. The molecule has 0 aliphatic carbocycles. The van der Waals surface area contributed by atoms with Crippen LogP contribution < -0.4 is 4.74 Å². The smallest absolute Gasteiger partial charge is 0.139 e. The van der Waals surface area contributed by atoms with Crippen LogP contribution in [0.1, 0.15) is 0 Å². The normalized spacial score (nSPS) is 10.8. The number of methoxy groups -OCH3 is 1. The largest absolute Gasteiger partial charge is 0.497 e. The molecule has 1 aromatic heterocycles. The lowest BCUT2D eigenvalue weighted by molar-refractivity contribution is 0.415. The summed E-state index contributed by atoms with van der Waals surface area (Å²) in [6.07, 6.45) is 0. The second-order valence-corrected chi connectivity index (χ2v) is 5.08. The molecule has 1 heterocycles. The Morgan fingerprint density at radius 1 is 1.00 bits per heavy atom. The molecule has 3 rings (SSSR count). The van der Waals surface area contributed by atoms with E-state index in [0.29, 0.717) is 10.2 Å². The average Bonchev–Trinajstić information content (AvgIpc) is 2.47. The molecule has 20 heavy (non-hydrogen) atoms. The molecule has 2 aromatic carbocycles. The van der Waals surface area contributed by atoms with Crippen LogP contribution in [0.25, 0.3) is 22.0 Å². The van der Waals surface area contributed by atoms with Crippen LogP contribution in [0.2, 0.25) is 10.2 Å². The summed E-state index contributed by atoms with van der Waals surface area (Å²) in [7, 11) is 1.61. The molecule has 0 atom stereocenters. The Bertz CT molecular complexity index is 772.